The zero-order valence-corrected chi connectivity index (χ0v) is 11.3. The van der Waals surface area contributed by atoms with Crippen molar-refractivity contribution in [2.45, 2.75) is 26.8 Å². The predicted molar refractivity (Wildman–Crippen MR) is 73.9 cm³/mol. The molecular weight excluding hydrogens is 226 g/mol. The van der Waals surface area contributed by atoms with Crippen molar-refractivity contribution in [1.29, 1.82) is 0 Å². The number of amides is 1. The maximum Gasteiger partial charge on any atom is 0.251 e. The number of nitrogens with one attached hydrogen (secondary N) is 1. The Morgan fingerprint density at radius 1 is 1.33 bits per heavy atom. The van der Waals surface area contributed by atoms with E-state index in [0.29, 0.717) is 18.1 Å². The van der Waals surface area contributed by atoms with Gasteiger partial charge in [-0.25, -0.2) is 0 Å². The molecule has 0 heterocycles. The number of carbonyl (C=O) groups is 1. The van der Waals surface area contributed by atoms with Crippen LogP contribution in [0.3, 0.4) is 0 Å². The Hall–Kier alpha value is -1.77. The van der Waals surface area contributed by atoms with Gasteiger partial charge in [-0.2, -0.15) is 0 Å². The molecule has 1 amide bonds. The van der Waals surface area contributed by atoms with Crippen molar-refractivity contribution in [3.63, 3.8) is 0 Å². The van der Waals surface area contributed by atoms with E-state index in [1.54, 1.807) is 30.3 Å². The average Bonchev–Trinajstić information content (AvgIpc) is 2.36. The second-order valence-corrected chi connectivity index (χ2v) is 4.63. The second-order valence-electron chi connectivity index (χ2n) is 4.63. The molecule has 1 N–H and O–H groups in total. The lowest BCUT2D eigenvalue weighted by atomic mass is 10.1. The van der Waals surface area contributed by atoms with Gasteiger partial charge in [-0.05, 0) is 37.1 Å². The summed E-state index contributed by atoms with van der Waals surface area (Å²) in [5.41, 5.74) is 0.647. The molecule has 0 bridgehead atoms. The highest BCUT2D eigenvalue weighted by atomic mass is 16.5. The van der Waals surface area contributed by atoms with Crippen LogP contribution in [-0.2, 0) is 0 Å². The Balaban J connectivity index is 2.61. The van der Waals surface area contributed by atoms with Crippen LogP contribution in [0.5, 0.6) is 5.75 Å². The molecule has 1 aromatic carbocycles. The predicted octanol–water partition coefficient (Wildman–Crippen LogP) is 3.03. The Bertz CT molecular complexity index is 395. The van der Waals surface area contributed by atoms with E-state index in [1.165, 1.54) is 0 Å². The summed E-state index contributed by atoms with van der Waals surface area (Å²) in [5.74, 6) is 1.11. The van der Waals surface area contributed by atoms with Crippen molar-refractivity contribution in [2.75, 3.05) is 6.61 Å². The molecule has 0 saturated carbocycles. The third-order valence-corrected chi connectivity index (χ3v) is 2.84. The fourth-order valence-electron chi connectivity index (χ4n) is 1.31. The van der Waals surface area contributed by atoms with Crippen LogP contribution < -0.4 is 10.1 Å². The first-order valence-electron chi connectivity index (χ1n) is 6.19. The summed E-state index contributed by atoms with van der Waals surface area (Å²) < 4.78 is 5.36. The van der Waals surface area contributed by atoms with Gasteiger partial charge in [0.05, 0.1) is 0 Å². The molecule has 1 aromatic rings. The highest BCUT2D eigenvalue weighted by Crippen LogP contribution is 2.12. The number of hydrogen-bond acceptors (Lipinski definition) is 2. The van der Waals surface area contributed by atoms with E-state index in [-0.39, 0.29) is 11.9 Å². The molecule has 0 fully saturated rings. The van der Waals surface area contributed by atoms with Gasteiger partial charge in [0.2, 0.25) is 0 Å². The number of carbonyl (C=O) groups excluding carboxylic acids is 1. The molecule has 1 rings (SSSR count). The highest BCUT2D eigenvalue weighted by molar-refractivity contribution is 5.94. The molecule has 0 saturated heterocycles. The van der Waals surface area contributed by atoms with Crippen LogP contribution in [0.1, 0.15) is 31.1 Å². The van der Waals surface area contributed by atoms with E-state index in [9.17, 15) is 4.79 Å². The second kappa shape index (κ2) is 6.84. The third-order valence-electron chi connectivity index (χ3n) is 2.84. The van der Waals surface area contributed by atoms with Crippen molar-refractivity contribution in [3.05, 3.63) is 42.5 Å². The van der Waals surface area contributed by atoms with Crippen LogP contribution in [-0.4, -0.2) is 18.6 Å². The van der Waals surface area contributed by atoms with E-state index in [1.807, 2.05) is 6.92 Å². The molecule has 0 radical (unpaired) electrons. The molecule has 3 heteroatoms. The van der Waals surface area contributed by atoms with Crippen molar-refractivity contribution in [1.82, 2.24) is 5.32 Å². The SMILES string of the molecule is C=CCOc1ccc(C(=O)N[C@@H](C)C(C)C)cc1. The minimum Gasteiger partial charge on any atom is -0.490 e. The molecule has 18 heavy (non-hydrogen) atoms. The minimum atomic E-state index is -0.0496. The lowest BCUT2D eigenvalue weighted by Crippen LogP contribution is -2.36. The van der Waals surface area contributed by atoms with Crippen molar-refractivity contribution >= 4 is 5.91 Å². The maximum absolute atomic E-state index is 11.9. The smallest absolute Gasteiger partial charge is 0.251 e. The van der Waals surface area contributed by atoms with Crippen molar-refractivity contribution in [3.8, 4) is 5.75 Å². The molecular formula is C15H21NO2. The lowest BCUT2D eigenvalue weighted by Gasteiger charge is -2.17. The van der Waals surface area contributed by atoms with E-state index >= 15 is 0 Å². The van der Waals surface area contributed by atoms with Crippen molar-refractivity contribution in [2.24, 2.45) is 5.92 Å². The summed E-state index contributed by atoms with van der Waals surface area (Å²) in [5, 5.41) is 2.96. The lowest BCUT2D eigenvalue weighted by molar-refractivity contribution is 0.0930. The van der Waals surface area contributed by atoms with E-state index in [2.05, 4.69) is 25.7 Å². The van der Waals surface area contributed by atoms with Gasteiger partial charge in [-0.3, -0.25) is 4.79 Å². The highest BCUT2D eigenvalue weighted by Gasteiger charge is 2.12. The first kappa shape index (κ1) is 14.3. The van der Waals surface area contributed by atoms with Gasteiger partial charge in [0.1, 0.15) is 12.4 Å². The number of benzene rings is 1. The fourth-order valence-corrected chi connectivity index (χ4v) is 1.31. The molecule has 0 spiro atoms. The van der Waals surface area contributed by atoms with Gasteiger partial charge in [-0.1, -0.05) is 26.5 Å². The van der Waals surface area contributed by atoms with Crippen LogP contribution in [0.4, 0.5) is 0 Å². The molecule has 0 aromatic heterocycles. The molecule has 3 nitrogen and oxygen atoms in total. The van der Waals surface area contributed by atoms with Crippen LogP contribution in [0.25, 0.3) is 0 Å². The average molecular weight is 247 g/mol. The minimum absolute atomic E-state index is 0.0496. The third kappa shape index (κ3) is 4.24. The summed E-state index contributed by atoms with van der Waals surface area (Å²) >= 11 is 0. The number of ether oxygens (including phenoxy) is 1. The maximum atomic E-state index is 11.9. The molecule has 0 unspecified atom stereocenters. The fraction of sp³-hybridized carbons (Fsp3) is 0.400. The first-order valence-corrected chi connectivity index (χ1v) is 6.19. The summed E-state index contributed by atoms with van der Waals surface area (Å²) in [6, 6.07) is 7.27. The zero-order valence-electron chi connectivity index (χ0n) is 11.3. The number of hydrogen-bond donors (Lipinski definition) is 1. The first-order chi connectivity index (χ1) is 8.54. The zero-order chi connectivity index (χ0) is 13.5. The Morgan fingerprint density at radius 2 is 1.94 bits per heavy atom. The van der Waals surface area contributed by atoms with Gasteiger partial charge in [-0.15, -0.1) is 0 Å². The molecule has 0 aliphatic heterocycles. The summed E-state index contributed by atoms with van der Waals surface area (Å²) in [6.45, 7) is 10.2. The van der Waals surface area contributed by atoms with E-state index < -0.39 is 0 Å². The Labute approximate surface area is 109 Å². The van der Waals surface area contributed by atoms with Crippen LogP contribution >= 0.6 is 0 Å². The molecule has 1 atom stereocenters. The van der Waals surface area contributed by atoms with Crippen LogP contribution in [0, 0.1) is 5.92 Å². The number of rotatable bonds is 6. The standard InChI is InChI=1S/C15H21NO2/c1-5-10-18-14-8-6-13(7-9-14)15(17)16-12(4)11(2)3/h5-9,11-12H,1,10H2,2-4H3,(H,16,17)/t12-/m0/s1. The van der Waals surface area contributed by atoms with Crippen LogP contribution in [0.15, 0.2) is 36.9 Å². The molecule has 0 aliphatic carbocycles. The molecule has 0 aliphatic rings. The normalized spacial score (nSPS) is 12.0. The molecule has 98 valence electrons. The Morgan fingerprint density at radius 3 is 2.44 bits per heavy atom. The van der Waals surface area contributed by atoms with Gasteiger partial charge >= 0.3 is 0 Å². The largest absolute Gasteiger partial charge is 0.490 e. The van der Waals surface area contributed by atoms with Crippen molar-refractivity contribution < 1.29 is 9.53 Å². The monoisotopic (exact) mass is 247 g/mol. The topological polar surface area (TPSA) is 38.3 Å². The van der Waals surface area contributed by atoms with Gasteiger partial charge in [0.15, 0.2) is 0 Å². The van der Waals surface area contributed by atoms with Gasteiger partial charge in [0, 0.05) is 11.6 Å². The van der Waals surface area contributed by atoms with Gasteiger partial charge in [0.25, 0.3) is 5.91 Å². The summed E-state index contributed by atoms with van der Waals surface area (Å²) in [7, 11) is 0. The van der Waals surface area contributed by atoms with Crippen LogP contribution in [0.2, 0.25) is 0 Å². The Kier molecular flexibility index (Phi) is 5.43. The van der Waals surface area contributed by atoms with Gasteiger partial charge < -0.3 is 10.1 Å². The van der Waals surface area contributed by atoms with E-state index in [0.717, 1.165) is 5.75 Å². The summed E-state index contributed by atoms with van der Waals surface area (Å²) in [4.78, 5) is 11.9. The summed E-state index contributed by atoms with van der Waals surface area (Å²) in [6.07, 6.45) is 1.69. The van der Waals surface area contributed by atoms with E-state index in [4.69, 9.17) is 4.74 Å². The quantitative estimate of drug-likeness (QED) is 0.785.